The van der Waals surface area contributed by atoms with Crippen LogP contribution in [-0.2, 0) is 30.4 Å². The fraction of sp³-hybridized carbons (Fsp3) is 0.484. The zero-order chi connectivity index (χ0) is 33.9. The quantitative estimate of drug-likeness (QED) is 0.321. The molecule has 4 amide bonds. The normalized spacial score (nSPS) is 17.8. The van der Waals surface area contributed by atoms with Crippen LogP contribution in [-0.4, -0.2) is 76.5 Å². The summed E-state index contributed by atoms with van der Waals surface area (Å²) in [7, 11) is 1.38. The van der Waals surface area contributed by atoms with E-state index in [0.29, 0.717) is 31.6 Å². The number of hydrogen-bond donors (Lipinski definition) is 2. The smallest absolute Gasteiger partial charge is 0.410 e. The molecule has 13 nitrogen and oxygen atoms in total. The second-order valence-corrected chi connectivity index (χ2v) is 12.3. The molecular formula is C31H37F2N5O8. The first-order valence-electron chi connectivity index (χ1n) is 14.8. The van der Waals surface area contributed by atoms with Crippen LogP contribution >= 0.6 is 0 Å². The Bertz CT molecular complexity index is 1500. The summed E-state index contributed by atoms with van der Waals surface area (Å²) in [5, 5.41) is 16.5. The number of anilines is 1. The Kier molecular flexibility index (Phi) is 10.2. The monoisotopic (exact) mass is 645 g/mol. The SMILES string of the molecule is C[C@@H](C(=O)N[C@H](C(=O)N1Cc2ccc([N+](=O)[O-])cc2[C@H]1C(=O)Nc1c(F)cccc1F)C1CCOCC1)N(C)C(=O)OC(C)(C)C. The topological polar surface area (TPSA) is 160 Å². The van der Waals surface area contributed by atoms with E-state index in [1.54, 1.807) is 20.8 Å². The first-order chi connectivity index (χ1) is 21.6. The molecule has 0 aromatic heterocycles. The predicted octanol–water partition coefficient (Wildman–Crippen LogP) is 4.06. The largest absolute Gasteiger partial charge is 0.444 e. The summed E-state index contributed by atoms with van der Waals surface area (Å²) in [6.45, 7) is 6.94. The number of benzene rings is 2. The molecule has 1 saturated heterocycles. The summed E-state index contributed by atoms with van der Waals surface area (Å²) in [5.74, 6) is -4.92. The summed E-state index contributed by atoms with van der Waals surface area (Å²) in [6.07, 6.45) is 0.0189. The van der Waals surface area contributed by atoms with Crippen molar-refractivity contribution in [2.24, 2.45) is 5.92 Å². The number of nitrogens with one attached hydrogen (secondary N) is 2. The highest BCUT2D eigenvalue weighted by Crippen LogP contribution is 2.38. The minimum Gasteiger partial charge on any atom is -0.444 e. The van der Waals surface area contributed by atoms with E-state index in [4.69, 9.17) is 9.47 Å². The third-order valence-electron chi connectivity index (χ3n) is 7.97. The van der Waals surface area contributed by atoms with Gasteiger partial charge in [-0.3, -0.25) is 29.4 Å². The maximum atomic E-state index is 14.5. The molecule has 2 aromatic rings. The van der Waals surface area contributed by atoms with Crippen molar-refractivity contribution in [3.63, 3.8) is 0 Å². The molecule has 2 aliphatic heterocycles. The van der Waals surface area contributed by atoms with E-state index in [1.165, 1.54) is 26.1 Å². The van der Waals surface area contributed by atoms with Gasteiger partial charge in [0.2, 0.25) is 11.8 Å². The Labute approximate surface area is 264 Å². The van der Waals surface area contributed by atoms with Gasteiger partial charge in [-0.1, -0.05) is 12.1 Å². The highest BCUT2D eigenvalue weighted by atomic mass is 19.1. The molecule has 2 heterocycles. The number of carbonyl (C=O) groups is 4. The molecule has 4 rings (SSSR count). The van der Waals surface area contributed by atoms with E-state index in [2.05, 4.69) is 10.6 Å². The lowest BCUT2D eigenvalue weighted by atomic mass is 9.90. The molecule has 0 spiro atoms. The number of ether oxygens (including phenoxy) is 2. The van der Waals surface area contributed by atoms with Gasteiger partial charge in [0.05, 0.1) is 4.92 Å². The second kappa shape index (κ2) is 13.8. The molecule has 0 radical (unpaired) electrons. The van der Waals surface area contributed by atoms with Gasteiger partial charge < -0.3 is 25.0 Å². The average Bonchev–Trinajstić information content (AvgIpc) is 3.39. The van der Waals surface area contributed by atoms with E-state index < -0.39 is 75.7 Å². The van der Waals surface area contributed by atoms with E-state index in [9.17, 15) is 38.1 Å². The van der Waals surface area contributed by atoms with Crippen molar-refractivity contribution in [2.45, 2.75) is 70.8 Å². The summed E-state index contributed by atoms with van der Waals surface area (Å²) < 4.78 is 39.8. The molecule has 0 aliphatic carbocycles. The lowest BCUT2D eigenvalue weighted by molar-refractivity contribution is -0.384. The molecule has 0 unspecified atom stereocenters. The maximum Gasteiger partial charge on any atom is 0.410 e. The second-order valence-electron chi connectivity index (χ2n) is 12.3. The van der Waals surface area contributed by atoms with Crippen molar-refractivity contribution >= 4 is 35.2 Å². The molecule has 2 aromatic carbocycles. The van der Waals surface area contributed by atoms with Crippen molar-refractivity contribution in [1.29, 1.82) is 0 Å². The van der Waals surface area contributed by atoms with Crippen LogP contribution in [0, 0.1) is 27.7 Å². The number of amides is 4. The molecule has 15 heteroatoms. The van der Waals surface area contributed by atoms with Crippen molar-refractivity contribution in [2.75, 3.05) is 25.6 Å². The Hall–Kier alpha value is -4.66. The van der Waals surface area contributed by atoms with Gasteiger partial charge in [0, 0.05) is 38.9 Å². The van der Waals surface area contributed by atoms with Gasteiger partial charge in [0.1, 0.15) is 41.0 Å². The van der Waals surface area contributed by atoms with Gasteiger partial charge >= 0.3 is 6.09 Å². The van der Waals surface area contributed by atoms with Crippen LogP contribution in [0.5, 0.6) is 0 Å². The van der Waals surface area contributed by atoms with E-state index in [-0.39, 0.29) is 17.8 Å². The van der Waals surface area contributed by atoms with Gasteiger partial charge in [-0.05, 0) is 69.7 Å². The molecule has 3 atom stereocenters. The summed E-state index contributed by atoms with van der Waals surface area (Å²) in [5.41, 5.74) is -1.40. The fourth-order valence-electron chi connectivity index (χ4n) is 5.38. The molecule has 0 saturated carbocycles. The van der Waals surface area contributed by atoms with Crippen LogP contribution in [0.25, 0.3) is 0 Å². The number of likely N-dealkylation sites (N-methyl/N-ethyl adjacent to an activating group) is 1. The Morgan fingerprint density at radius 3 is 2.33 bits per heavy atom. The zero-order valence-corrected chi connectivity index (χ0v) is 26.2. The molecule has 0 bridgehead atoms. The van der Waals surface area contributed by atoms with Crippen LogP contribution in [0.4, 0.5) is 25.0 Å². The van der Waals surface area contributed by atoms with E-state index in [0.717, 1.165) is 34.1 Å². The van der Waals surface area contributed by atoms with Gasteiger partial charge in [0.25, 0.3) is 11.6 Å². The minimum absolute atomic E-state index is 0.104. The molecule has 46 heavy (non-hydrogen) atoms. The molecular weight excluding hydrogens is 608 g/mol. The first-order valence-corrected chi connectivity index (χ1v) is 14.8. The highest BCUT2D eigenvalue weighted by Gasteiger charge is 2.45. The van der Waals surface area contributed by atoms with Crippen LogP contribution in [0.1, 0.15) is 57.7 Å². The summed E-state index contributed by atoms with van der Waals surface area (Å²) in [6, 6.07) is 3.00. The average molecular weight is 646 g/mol. The third-order valence-corrected chi connectivity index (χ3v) is 7.97. The van der Waals surface area contributed by atoms with Crippen LogP contribution in [0.15, 0.2) is 36.4 Å². The number of para-hydroxylation sites is 1. The van der Waals surface area contributed by atoms with Crippen molar-refractivity contribution in [3.05, 3.63) is 69.3 Å². The number of nitrogens with zero attached hydrogens (tertiary/aromatic N) is 3. The summed E-state index contributed by atoms with van der Waals surface area (Å²) in [4.78, 5) is 67.4. The zero-order valence-electron chi connectivity index (χ0n) is 26.2. The van der Waals surface area contributed by atoms with Gasteiger partial charge in [-0.15, -0.1) is 0 Å². The van der Waals surface area contributed by atoms with Gasteiger partial charge in [0.15, 0.2) is 0 Å². The number of non-ortho nitro benzene ring substituents is 1. The lowest BCUT2D eigenvalue weighted by Crippen LogP contribution is -2.57. The van der Waals surface area contributed by atoms with Crippen LogP contribution in [0.2, 0.25) is 0 Å². The van der Waals surface area contributed by atoms with E-state index in [1.807, 2.05) is 0 Å². The van der Waals surface area contributed by atoms with Crippen molar-refractivity contribution in [3.8, 4) is 0 Å². The Balaban J connectivity index is 1.68. The number of halogens is 2. The van der Waals surface area contributed by atoms with E-state index >= 15 is 0 Å². The Morgan fingerprint density at radius 1 is 1.11 bits per heavy atom. The number of nitro groups is 1. The maximum absolute atomic E-state index is 14.5. The number of fused-ring (bicyclic) bond motifs is 1. The van der Waals surface area contributed by atoms with Crippen molar-refractivity contribution < 1.29 is 42.4 Å². The lowest BCUT2D eigenvalue weighted by Gasteiger charge is -2.36. The third kappa shape index (κ3) is 7.58. The van der Waals surface area contributed by atoms with Gasteiger partial charge in [-0.25, -0.2) is 13.6 Å². The number of nitro benzene ring substituents is 1. The van der Waals surface area contributed by atoms with Crippen molar-refractivity contribution in [1.82, 2.24) is 15.1 Å². The Morgan fingerprint density at radius 2 is 1.74 bits per heavy atom. The van der Waals surface area contributed by atoms with Crippen LogP contribution < -0.4 is 10.6 Å². The highest BCUT2D eigenvalue weighted by molar-refractivity contribution is 6.00. The fourth-order valence-corrected chi connectivity index (χ4v) is 5.38. The number of carbonyl (C=O) groups excluding carboxylic acids is 4. The molecule has 1 fully saturated rings. The minimum atomic E-state index is -1.53. The standard InChI is InChI=1S/C31H37F2N5O8/c1-17(36(5)30(42)46-31(2,3)4)27(39)34-24(18-11-13-45-14-12-18)29(41)37-16-19-9-10-20(38(43)44)15-21(19)26(37)28(40)35-25-22(32)7-6-8-23(25)33/h6-10,15,17-18,24,26H,11-14,16H2,1-5H3,(H,34,39)(H,35,40)/t17-,24-,26-/m0/s1. The number of rotatable bonds is 8. The van der Waals surface area contributed by atoms with Gasteiger partial charge in [-0.2, -0.15) is 0 Å². The van der Waals surface area contributed by atoms with Crippen LogP contribution in [0.3, 0.4) is 0 Å². The molecule has 2 aliphatic rings. The first kappa shape index (κ1) is 34.2. The summed E-state index contributed by atoms with van der Waals surface area (Å²) >= 11 is 0. The predicted molar refractivity (Wildman–Crippen MR) is 160 cm³/mol. The molecule has 2 N–H and O–H groups in total. The molecule has 248 valence electrons. The number of hydrogen-bond acceptors (Lipinski definition) is 8.